The van der Waals surface area contributed by atoms with E-state index in [1.165, 1.54) is 38.5 Å². The van der Waals surface area contributed by atoms with E-state index in [2.05, 4.69) is 34.4 Å². The van der Waals surface area contributed by atoms with Crippen LogP contribution >= 0.6 is 0 Å². The van der Waals surface area contributed by atoms with Gasteiger partial charge in [0, 0.05) is 44.3 Å². The molecule has 1 heterocycles. The smallest absolute Gasteiger partial charge is 0.315 e. The molecule has 24 heavy (non-hydrogen) atoms. The summed E-state index contributed by atoms with van der Waals surface area (Å²) in [4.78, 5) is 17.4. The van der Waals surface area contributed by atoms with Crippen LogP contribution in [0.2, 0.25) is 0 Å². The van der Waals surface area contributed by atoms with Gasteiger partial charge >= 0.3 is 6.03 Å². The van der Waals surface area contributed by atoms with Crippen molar-refractivity contribution < 1.29 is 4.79 Å². The zero-order chi connectivity index (χ0) is 16.7. The lowest BCUT2D eigenvalue weighted by Gasteiger charge is -2.56. The van der Waals surface area contributed by atoms with Crippen LogP contribution in [-0.4, -0.2) is 67.2 Å². The molecule has 0 aromatic rings. The fourth-order valence-electron chi connectivity index (χ4n) is 6.23. The molecule has 0 spiro atoms. The van der Waals surface area contributed by atoms with Crippen LogP contribution in [0.4, 0.5) is 4.79 Å². The molecule has 136 valence electrons. The first-order valence-corrected chi connectivity index (χ1v) is 9.99. The van der Waals surface area contributed by atoms with E-state index in [0.717, 1.165) is 50.5 Å². The lowest BCUT2D eigenvalue weighted by Crippen LogP contribution is -2.62. The van der Waals surface area contributed by atoms with Crippen LogP contribution in [0, 0.1) is 17.8 Å². The van der Waals surface area contributed by atoms with Crippen molar-refractivity contribution in [1.82, 2.24) is 20.4 Å². The van der Waals surface area contributed by atoms with E-state index >= 15 is 0 Å². The zero-order valence-corrected chi connectivity index (χ0v) is 15.4. The predicted octanol–water partition coefficient (Wildman–Crippen LogP) is 1.89. The van der Waals surface area contributed by atoms with Crippen LogP contribution < -0.4 is 10.6 Å². The number of carbonyl (C=O) groups excluding carboxylic acids is 1. The molecule has 0 aromatic heterocycles. The van der Waals surface area contributed by atoms with Crippen molar-refractivity contribution in [3.05, 3.63) is 0 Å². The number of urea groups is 1. The highest BCUT2D eigenvalue weighted by atomic mass is 16.2. The lowest BCUT2D eigenvalue weighted by molar-refractivity contribution is -0.0137. The highest BCUT2D eigenvalue weighted by molar-refractivity contribution is 5.75. The van der Waals surface area contributed by atoms with Gasteiger partial charge in [-0.3, -0.25) is 4.90 Å². The molecule has 4 saturated carbocycles. The van der Waals surface area contributed by atoms with Crippen molar-refractivity contribution in [2.75, 3.05) is 39.8 Å². The summed E-state index contributed by atoms with van der Waals surface area (Å²) in [6.07, 6.45) is 7.92. The van der Waals surface area contributed by atoms with Crippen LogP contribution in [0.15, 0.2) is 0 Å². The maximum Gasteiger partial charge on any atom is 0.315 e. The Morgan fingerprint density at radius 3 is 2.12 bits per heavy atom. The lowest BCUT2D eigenvalue weighted by atomic mass is 9.53. The van der Waals surface area contributed by atoms with Gasteiger partial charge in [-0.25, -0.2) is 4.79 Å². The maximum atomic E-state index is 12.6. The molecule has 2 amide bonds. The van der Waals surface area contributed by atoms with E-state index in [-0.39, 0.29) is 17.6 Å². The second kappa shape index (κ2) is 6.49. The van der Waals surface area contributed by atoms with Gasteiger partial charge in [-0.15, -0.1) is 0 Å². The third-order valence-corrected chi connectivity index (χ3v) is 6.92. The largest absolute Gasteiger partial charge is 0.334 e. The van der Waals surface area contributed by atoms with Gasteiger partial charge in [0.05, 0.1) is 0 Å². The monoisotopic (exact) mass is 334 g/mol. The maximum absolute atomic E-state index is 12.6. The standard InChI is InChI=1S/C19H34N4O/c1-14(13-23-5-3-22(2)4-6-23)20-18(24)21-19-10-15-7-16(11-19)9-17(8-15)12-19/h14-17H,3-13H2,1-2H3,(H2,20,21,24). The number of carbonyl (C=O) groups is 1. The summed E-state index contributed by atoms with van der Waals surface area (Å²) in [6, 6.07) is 0.279. The summed E-state index contributed by atoms with van der Waals surface area (Å²) in [6.45, 7) is 7.58. The van der Waals surface area contributed by atoms with Gasteiger partial charge in [0.1, 0.15) is 0 Å². The zero-order valence-electron chi connectivity index (χ0n) is 15.4. The second-order valence-corrected chi connectivity index (χ2v) is 9.30. The minimum atomic E-state index is 0.0681. The van der Waals surface area contributed by atoms with Crippen LogP contribution in [0.5, 0.6) is 0 Å². The number of hydrogen-bond acceptors (Lipinski definition) is 3. The highest BCUT2D eigenvalue weighted by Gasteiger charge is 2.51. The Bertz CT molecular complexity index is 437. The van der Waals surface area contributed by atoms with Crippen LogP contribution in [0.1, 0.15) is 45.4 Å². The summed E-state index contributed by atoms with van der Waals surface area (Å²) in [5, 5.41) is 6.63. The van der Waals surface area contributed by atoms with Crippen molar-refractivity contribution in [2.24, 2.45) is 17.8 Å². The number of rotatable bonds is 4. The highest BCUT2D eigenvalue weighted by Crippen LogP contribution is 2.55. The fourth-order valence-corrected chi connectivity index (χ4v) is 6.23. The number of likely N-dealkylation sites (N-methyl/N-ethyl adjacent to an activating group) is 1. The molecule has 5 rings (SSSR count). The summed E-state index contributed by atoms with van der Waals surface area (Å²) in [5.74, 6) is 2.62. The van der Waals surface area contributed by atoms with Gasteiger partial charge in [0.2, 0.25) is 0 Å². The Kier molecular flexibility index (Phi) is 4.50. The Labute approximate surface area is 146 Å². The minimum Gasteiger partial charge on any atom is -0.334 e. The fraction of sp³-hybridized carbons (Fsp3) is 0.947. The van der Waals surface area contributed by atoms with Crippen LogP contribution in [-0.2, 0) is 0 Å². The third kappa shape index (κ3) is 3.57. The summed E-state index contributed by atoms with van der Waals surface area (Å²) >= 11 is 0. The summed E-state index contributed by atoms with van der Waals surface area (Å²) < 4.78 is 0. The average molecular weight is 335 g/mol. The molecule has 1 unspecified atom stereocenters. The first-order chi connectivity index (χ1) is 11.5. The van der Waals surface area contributed by atoms with Crippen molar-refractivity contribution in [3.8, 4) is 0 Å². The molecule has 1 aliphatic heterocycles. The molecule has 4 aliphatic carbocycles. The Morgan fingerprint density at radius 2 is 1.58 bits per heavy atom. The van der Waals surface area contributed by atoms with Gasteiger partial charge in [0.25, 0.3) is 0 Å². The number of piperazine rings is 1. The normalized spacial score (nSPS) is 40.5. The van der Waals surface area contributed by atoms with E-state index in [9.17, 15) is 4.79 Å². The summed E-state index contributed by atoms with van der Waals surface area (Å²) in [5.41, 5.74) is 0.117. The first kappa shape index (κ1) is 16.6. The molecular formula is C19H34N4O. The molecule has 0 aromatic carbocycles. The summed E-state index contributed by atoms with van der Waals surface area (Å²) in [7, 11) is 2.18. The number of nitrogens with one attached hydrogen (secondary N) is 2. The minimum absolute atomic E-state index is 0.0681. The van der Waals surface area contributed by atoms with Crippen LogP contribution in [0.3, 0.4) is 0 Å². The van der Waals surface area contributed by atoms with Gasteiger partial charge in [-0.2, -0.15) is 0 Å². The molecule has 1 atom stereocenters. The third-order valence-electron chi connectivity index (χ3n) is 6.92. The van der Waals surface area contributed by atoms with E-state index in [0.29, 0.717) is 0 Å². The van der Waals surface area contributed by atoms with Crippen molar-refractivity contribution >= 4 is 6.03 Å². The average Bonchev–Trinajstić information content (AvgIpc) is 2.47. The van der Waals surface area contributed by atoms with E-state index in [1.54, 1.807) is 0 Å². The Morgan fingerprint density at radius 1 is 1.04 bits per heavy atom. The molecule has 4 bridgehead atoms. The van der Waals surface area contributed by atoms with E-state index in [4.69, 9.17) is 0 Å². The van der Waals surface area contributed by atoms with E-state index in [1.807, 2.05) is 0 Å². The Balaban J connectivity index is 1.26. The molecule has 5 aliphatic rings. The van der Waals surface area contributed by atoms with Gasteiger partial charge in [0.15, 0.2) is 0 Å². The predicted molar refractivity (Wildman–Crippen MR) is 96.0 cm³/mol. The Hall–Kier alpha value is -0.810. The molecule has 5 heteroatoms. The molecule has 2 N–H and O–H groups in total. The van der Waals surface area contributed by atoms with Gasteiger partial charge < -0.3 is 15.5 Å². The molecule has 1 saturated heterocycles. The first-order valence-electron chi connectivity index (χ1n) is 9.99. The second-order valence-electron chi connectivity index (χ2n) is 9.30. The van der Waals surface area contributed by atoms with Gasteiger partial charge in [-0.05, 0) is 70.3 Å². The van der Waals surface area contributed by atoms with Gasteiger partial charge in [-0.1, -0.05) is 0 Å². The number of amides is 2. The number of nitrogens with zero attached hydrogens (tertiary/aromatic N) is 2. The molecule has 0 radical (unpaired) electrons. The SMILES string of the molecule is CC(CN1CCN(C)CC1)NC(=O)NC12CC3CC(CC(C3)C1)C2. The van der Waals surface area contributed by atoms with Crippen LogP contribution in [0.25, 0.3) is 0 Å². The quantitative estimate of drug-likeness (QED) is 0.825. The topological polar surface area (TPSA) is 47.6 Å². The van der Waals surface area contributed by atoms with Crippen molar-refractivity contribution in [2.45, 2.75) is 57.0 Å². The molecule has 5 nitrogen and oxygen atoms in total. The van der Waals surface area contributed by atoms with Crippen molar-refractivity contribution in [3.63, 3.8) is 0 Å². The number of hydrogen-bond donors (Lipinski definition) is 2. The van der Waals surface area contributed by atoms with E-state index < -0.39 is 0 Å². The molecule has 5 fully saturated rings. The van der Waals surface area contributed by atoms with Crippen molar-refractivity contribution in [1.29, 1.82) is 0 Å². The molecular weight excluding hydrogens is 300 g/mol.